The molecule has 1 aliphatic rings. The summed E-state index contributed by atoms with van der Waals surface area (Å²) in [6, 6.07) is 2.12. The minimum absolute atomic E-state index is 0.237. The first kappa shape index (κ1) is 19.9. The summed E-state index contributed by atoms with van der Waals surface area (Å²) in [6.45, 7) is 7.64. The van der Waals surface area contributed by atoms with E-state index in [1.54, 1.807) is 6.08 Å². The molecule has 0 spiro atoms. The molecular weight excluding hydrogens is 349 g/mol. The number of hydrogen-bond acceptors (Lipinski definition) is 5. The second kappa shape index (κ2) is 7.09. The van der Waals surface area contributed by atoms with Crippen molar-refractivity contribution in [2.24, 2.45) is 0 Å². The Hall–Kier alpha value is -1.38. The molecule has 1 aromatic rings. The monoisotopic (exact) mass is 370 g/mol. The lowest BCUT2D eigenvalue weighted by Gasteiger charge is -2.32. The van der Waals surface area contributed by atoms with E-state index in [1.807, 2.05) is 27.7 Å². The molecule has 0 radical (unpaired) electrons. The molecule has 8 heteroatoms. The van der Waals surface area contributed by atoms with E-state index in [0.717, 1.165) is 19.2 Å². The summed E-state index contributed by atoms with van der Waals surface area (Å²) in [5.41, 5.74) is -0.939. The van der Waals surface area contributed by atoms with Crippen LogP contribution in [0.2, 0.25) is 0 Å². The van der Waals surface area contributed by atoms with E-state index in [-0.39, 0.29) is 11.3 Å². The van der Waals surface area contributed by atoms with Gasteiger partial charge in [0.1, 0.15) is 17.2 Å². The number of carbonyl (C=O) groups is 1. The van der Waals surface area contributed by atoms with Crippen LogP contribution in [0.1, 0.15) is 43.6 Å². The number of benzene rings is 1. The standard InChI is InChI=1S/C17H21BF2O4S/c1-16(2)17(3,4)24-18(23-16)11(9-25)6-10-7-12(19)14(13(20)8-10)15(21)22-5/h6-8,25H,9H2,1-5H3. The summed E-state index contributed by atoms with van der Waals surface area (Å²) in [5.74, 6) is -2.78. The Labute approximate surface area is 152 Å². The lowest BCUT2D eigenvalue weighted by Crippen LogP contribution is -2.41. The van der Waals surface area contributed by atoms with Gasteiger partial charge in [-0.3, -0.25) is 0 Å². The molecule has 25 heavy (non-hydrogen) atoms. The van der Waals surface area contributed by atoms with Crippen molar-refractivity contribution in [1.82, 2.24) is 0 Å². The maximum Gasteiger partial charge on any atom is 0.491 e. The second-order valence-corrected chi connectivity index (χ2v) is 7.13. The fraction of sp³-hybridized carbons (Fsp3) is 0.471. The van der Waals surface area contributed by atoms with Gasteiger partial charge in [0.25, 0.3) is 0 Å². The summed E-state index contributed by atoms with van der Waals surface area (Å²) in [4.78, 5) is 11.4. The fourth-order valence-electron chi connectivity index (χ4n) is 2.37. The number of esters is 1. The molecule has 1 fully saturated rings. The van der Waals surface area contributed by atoms with Crippen LogP contribution < -0.4 is 0 Å². The van der Waals surface area contributed by atoms with Gasteiger partial charge in [-0.15, -0.1) is 0 Å². The van der Waals surface area contributed by atoms with Gasteiger partial charge in [-0.25, -0.2) is 13.6 Å². The van der Waals surface area contributed by atoms with E-state index in [9.17, 15) is 13.6 Å². The quantitative estimate of drug-likeness (QED) is 0.499. The molecule has 0 amide bonds. The highest BCUT2D eigenvalue weighted by Gasteiger charge is 2.52. The topological polar surface area (TPSA) is 44.8 Å². The molecule has 1 saturated heterocycles. The van der Waals surface area contributed by atoms with Gasteiger partial charge in [0, 0.05) is 5.75 Å². The normalized spacial score (nSPS) is 19.2. The van der Waals surface area contributed by atoms with Crippen LogP contribution in [0.3, 0.4) is 0 Å². The van der Waals surface area contributed by atoms with Crippen molar-refractivity contribution in [3.05, 3.63) is 40.4 Å². The molecular formula is C17H21BF2O4S. The molecule has 1 aromatic carbocycles. The van der Waals surface area contributed by atoms with E-state index >= 15 is 0 Å². The van der Waals surface area contributed by atoms with Crippen molar-refractivity contribution >= 4 is 31.8 Å². The number of methoxy groups -OCH3 is 1. The van der Waals surface area contributed by atoms with Crippen molar-refractivity contribution in [1.29, 1.82) is 0 Å². The largest absolute Gasteiger partial charge is 0.491 e. The summed E-state index contributed by atoms with van der Waals surface area (Å²) in [6.07, 6.45) is 1.54. The molecule has 0 aromatic heterocycles. The van der Waals surface area contributed by atoms with Gasteiger partial charge in [0.05, 0.1) is 18.3 Å². The van der Waals surface area contributed by atoms with Crippen LogP contribution in [0.25, 0.3) is 6.08 Å². The SMILES string of the molecule is COC(=O)c1c(F)cc(C=C(CS)B2OC(C)(C)C(C)(C)O2)cc1F. The Morgan fingerprint density at radius 1 is 1.20 bits per heavy atom. The van der Waals surface area contributed by atoms with Crippen molar-refractivity contribution in [2.45, 2.75) is 38.9 Å². The third-order valence-electron chi connectivity index (χ3n) is 4.54. The number of thiol groups is 1. The Morgan fingerprint density at radius 3 is 2.08 bits per heavy atom. The predicted molar refractivity (Wildman–Crippen MR) is 95.6 cm³/mol. The Morgan fingerprint density at radius 2 is 1.68 bits per heavy atom. The predicted octanol–water partition coefficient (Wildman–Crippen LogP) is 3.70. The van der Waals surface area contributed by atoms with Gasteiger partial charge in [-0.2, -0.15) is 12.6 Å². The van der Waals surface area contributed by atoms with Crippen LogP contribution in [0, 0.1) is 11.6 Å². The molecule has 0 saturated carbocycles. The molecule has 136 valence electrons. The number of halogens is 2. The second-order valence-electron chi connectivity index (χ2n) is 6.82. The fourth-order valence-corrected chi connectivity index (χ4v) is 2.61. The molecule has 0 N–H and O–H groups in total. The number of carbonyl (C=O) groups excluding carboxylic acids is 1. The zero-order valence-electron chi connectivity index (χ0n) is 14.9. The highest BCUT2D eigenvalue weighted by molar-refractivity contribution is 7.80. The molecule has 0 atom stereocenters. The van der Waals surface area contributed by atoms with Crippen LogP contribution in [-0.2, 0) is 14.0 Å². The van der Waals surface area contributed by atoms with Gasteiger partial charge in [-0.1, -0.05) is 6.08 Å². The van der Waals surface area contributed by atoms with E-state index < -0.39 is 41.5 Å². The van der Waals surface area contributed by atoms with Gasteiger partial charge >= 0.3 is 13.1 Å². The van der Waals surface area contributed by atoms with Gasteiger partial charge in [-0.05, 0) is 50.9 Å². The summed E-state index contributed by atoms with van der Waals surface area (Å²) < 4.78 is 44.4. The number of rotatable bonds is 4. The molecule has 1 aliphatic heterocycles. The molecule has 0 aliphatic carbocycles. The van der Waals surface area contributed by atoms with Crippen LogP contribution in [0.15, 0.2) is 17.6 Å². The molecule has 1 heterocycles. The van der Waals surface area contributed by atoms with Gasteiger partial charge in [0.15, 0.2) is 0 Å². The van der Waals surface area contributed by atoms with Crippen LogP contribution in [0.5, 0.6) is 0 Å². The molecule has 2 rings (SSSR count). The van der Waals surface area contributed by atoms with Crippen LogP contribution >= 0.6 is 12.6 Å². The van der Waals surface area contributed by atoms with E-state index in [2.05, 4.69) is 17.4 Å². The lowest BCUT2D eigenvalue weighted by molar-refractivity contribution is 0.00578. The third kappa shape index (κ3) is 3.91. The highest BCUT2D eigenvalue weighted by Crippen LogP contribution is 2.39. The summed E-state index contributed by atoms with van der Waals surface area (Å²) in [7, 11) is 0.390. The van der Waals surface area contributed by atoms with E-state index in [1.165, 1.54) is 0 Å². The Balaban J connectivity index is 2.37. The van der Waals surface area contributed by atoms with Crippen molar-refractivity contribution < 1.29 is 27.6 Å². The van der Waals surface area contributed by atoms with Crippen LogP contribution in [0.4, 0.5) is 8.78 Å². The third-order valence-corrected chi connectivity index (χ3v) is 4.91. The van der Waals surface area contributed by atoms with Crippen molar-refractivity contribution in [3.8, 4) is 0 Å². The zero-order valence-corrected chi connectivity index (χ0v) is 15.7. The average molecular weight is 370 g/mol. The smallest absolute Gasteiger partial charge is 0.465 e. The first-order valence-corrected chi connectivity index (χ1v) is 8.40. The van der Waals surface area contributed by atoms with E-state index in [0.29, 0.717) is 5.47 Å². The molecule has 4 nitrogen and oxygen atoms in total. The van der Waals surface area contributed by atoms with Crippen molar-refractivity contribution in [2.75, 3.05) is 12.9 Å². The minimum atomic E-state index is -1.06. The van der Waals surface area contributed by atoms with Crippen LogP contribution in [-0.4, -0.2) is 37.2 Å². The number of ether oxygens (including phenoxy) is 1. The highest BCUT2D eigenvalue weighted by atomic mass is 32.1. The van der Waals surface area contributed by atoms with Crippen molar-refractivity contribution in [3.63, 3.8) is 0 Å². The Kier molecular flexibility index (Phi) is 5.66. The molecule has 0 bridgehead atoms. The Bertz CT molecular complexity index is 680. The summed E-state index contributed by atoms with van der Waals surface area (Å²) in [5, 5.41) is 0. The zero-order chi connectivity index (χ0) is 19.0. The van der Waals surface area contributed by atoms with Gasteiger partial charge < -0.3 is 14.0 Å². The van der Waals surface area contributed by atoms with Gasteiger partial charge in [0.2, 0.25) is 0 Å². The first-order chi connectivity index (χ1) is 11.5. The first-order valence-electron chi connectivity index (χ1n) is 7.76. The average Bonchev–Trinajstić information content (AvgIpc) is 2.71. The maximum atomic E-state index is 14.1. The lowest BCUT2D eigenvalue weighted by atomic mass is 9.78. The minimum Gasteiger partial charge on any atom is -0.465 e. The molecule has 0 unspecified atom stereocenters. The number of hydrogen-bond donors (Lipinski definition) is 1. The maximum absolute atomic E-state index is 14.1. The van der Waals surface area contributed by atoms with E-state index in [4.69, 9.17) is 9.31 Å². The summed E-state index contributed by atoms with van der Waals surface area (Å²) >= 11 is 4.26.